The highest BCUT2D eigenvalue weighted by atomic mass is 35.5. The fourth-order valence-electron chi connectivity index (χ4n) is 3.06. The van der Waals surface area contributed by atoms with Crippen molar-refractivity contribution in [2.45, 2.75) is 13.5 Å². The van der Waals surface area contributed by atoms with Crippen molar-refractivity contribution in [3.05, 3.63) is 64.2 Å². The molecule has 2 aromatic rings. The van der Waals surface area contributed by atoms with Crippen LogP contribution in [-0.2, 0) is 6.54 Å². The molecule has 1 saturated heterocycles. The summed E-state index contributed by atoms with van der Waals surface area (Å²) in [6.45, 7) is 7.20. The number of halogens is 1. The molecule has 0 spiro atoms. The average molecular weight is 326 g/mol. The maximum absolute atomic E-state index is 8.85. The molecule has 118 valence electrons. The molecule has 3 rings (SSSR count). The van der Waals surface area contributed by atoms with E-state index >= 15 is 0 Å². The van der Waals surface area contributed by atoms with Gasteiger partial charge in [0.2, 0.25) is 0 Å². The Balaban J connectivity index is 1.58. The zero-order valence-electron chi connectivity index (χ0n) is 13.3. The van der Waals surface area contributed by atoms with Gasteiger partial charge in [0.15, 0.2) is 0 Å². The molecule has 0 bridgehead atoms. The fourth-order valence-corrected chi connectivity index (χ4v) is 3.29. The summed E-state index contributed by atoms with van der Waals surface area (Å²) in [5.41, 5.74) is 4.50. The second kappa shape index (κ2) is 7.04. The first-order valence-corrected chi connectivity index (χ1v) is 8.26. The van der Waals surface area contributed by atoms with Crippen LogP contribution in [0.3, 0.4) is 0 Å². The lowest BCUT2D eigenvalue weighted by Crippen LogP contribution is -2.46. The largest absolute Gasteiger partial charge is 0.369 e. The van der Waals surface area contributed by atoms with Gasteiger partial charge in [0, 0.05) is 43.4 Å². The van der Waals surface area contributed by atoms with Gasteiger partial charge in [-0.25, -0.2) is 0 Å². The number of nitriles is 1. The van der Waals surface area contributed by atoms with E-state index in [0.29, 0.717) is 0 Å². The second-order valence-electron chi connectivity index (χ2n) is 6.00. The van der Waals surface area contributed by atoms with E-state index in [2.05, 4.69) is 28.9 Å². The number of hydrogen-bond acceptors (Lipinski definition) is 3. The summed E-state index contributed by atoms with van der Waals surface area (Å²) in [7, 11) is 0. The Hall–Kier alpha value is -2.02. The molecule has 0 aromatic heterocycles. The van der Waals surface area contributed by atoms with Crippen molar-refractivity contribution in [2.75, 3.05) is 31.1 Å². The Morgan fingerprint density at radius 2 is 1.74 bits per heavy atom. The van der Waals surface area contributed by atoms with Crippen molar-refractivity contribution >= 4 is 17.3 Å². The van der Waals surface area contributed by atoms with Crippen LogP contribution in [0.25, 0.3) is 0 Å². The van der Waals surface area contributed by atoms with Crippen LogP contribution in [0.15, 0.2) is 42.5 Å². The van der Waals surface area contributed by atoms with Gasteiger partial charge in [0.05, 0.1) is 11.6 Å². The first kappa shape index (κ1) is 15.9. The molecule has 1 heterocycles. The maximum atomic E-state index is 8.85. The van der Waals surface area contributed by atoms with E-state index in [1.807, 2.05) is 36.4 Å². The molecular formula is C19H20ClN3. The molecule has 4 heteroatoms. The van der Waals surface area contributed by atoms with Crippen molar-refractivity contribution in [1.29, 1.82) is 5.26 Å². The number of nitrogens with zero attached hydrogens (tertiary/aromatic N) is 3. The molecule has 1 fully saturated rings. The second-order valence-corrected chi connectivity index (χ2v) is 6.44. The molecule has 0 atom stereocenters. The number of benzene rings is 2. The van der Waals surface area contributed by atoms with Crippen molar-refractivity contribution < 1.29 is 0 Å². The molecule has 0 unspecified atom stereocenters. The third kappa shape index (κ3) is 3.85. The van der Waals surface area contributed by atoms with E-state index < -0.39 is 0 Å². The summed E-state index contributed by atoms with van der Waals surface area (Å²) in [6.07, 6.45) is 0. The van der Waals surface area contributed by atoms with Crippen LogP contribution in [0, 0.1) is 18.3 Å². The Morgan fingerprint density at radius 1 is 1.04 bits per heavy atom. The Bertz CT molecular complexity index is 710. The van der Waals surface area contributed by atoms with Crippen LogP contribution < -0.4 is 4.90 Å². The lowest BCUT2D eigenvalue weighted by molar-refractivity contribution is 0.250. The average Bonchev–Trinajstić information content (AvgIpc) is 2.57. The zero-order valence-corrected chi connectivity index (χ0v) is 14.1. The van der Waals surface area contributed by atoms with E-state index in [-0.39, 0.29) is 0 Å². The molecule has 1 aliphatic heterocycles. The summed E-state index contributed by atoms with van der Waals surface area (Å²) in [6, 6.07) is 16.2. The number of hydrogen-bond donors (Lipinski definition) is 0. The molecule has 0 radical (unpaired) electrons. The number of anilines is 1. The first-order chi connectivity index (χ1) is 11.2. The molecule has 0 aliphatic carbocycles. The van der Waals surface area contributed by atoms with E-state index in [1.165, 1.54) is 16.8 Å². The van der Waals surface area contributed by atoms with Crippen LogP contribution in [0.5, 0.6) is 0 Å². The van der Waals surface area contributed by atoms with Gasteiger partial charge in [0.25, 0.3) is 0 Å². The van der Waals surface area contributed by atoms with E-state index in [9.17, 15) is 0 Å². The Kier molecular flexibility index (Phi) is 4.85. The summed E-state index contributed by atoms with van der Waals surface area (Å²) in [5.74, 6) is 0. The predicted octanol–water partition coefficient (Wildman–Crippen LogP) is 3.84. The molecule has 0 saturated carbocycles. The Morgan fingerprint density at radius 3 is 2.35 bits per heavy atom. The summed E-state index contributed by atoms with van der Waals surface area (Å²) >= 11 is 6.04. The first-order valence-electron chi connectivity index (χ1n) is 7.88. The SMILES string of the molecule is Cc1cc(Cl)ccc1N1CCN(Cc2ccc(C#N)cc2)CC1. The molecule has 3 nitrogen and oxygen atoms in total. The number of aryl methyl sites for hydroxylation is 1. The van der Waals surface area contributed by atoms with Crippen LogP contribution >= 0.6 is 11.6 Å². The number of rotatable bonds is 3. The van der Waals surface area contributed by atoms with Gasteiger partial charge >= 0.3 is 0 Å². The summed E-state index contributed by atoms with van der Waals surface area (Å²) in [5, 5.41) is 9.65. The van der Waals surface area contributed by atoms with E-state index in [4.69, 9.17) is 16.9 Å². The summed E-state index contributed by atoms with van der Waals surface area (Å²) in [4.78, 5) is 4.89. The van der Waals surface area contributed by atoms with Gasteiger partial charge in [-0.1, -0.05) is 23.7 Å². The maximum Gasteiger partial charge on any atom is 0.0991 e. The minimum absolute atomic E-state index is 0.719. The van der Waals surface area contributed by atoms with Gasteiger partial charge in [0.1, 0.15) is 0 Å². The minimum atomic E-state index is 0.719. The van der Waals surface area contributed by atoms with Crippen LogP contribution in [-0.4, -0.2) is 31.1 Å². The van der Waals surface area contributed by atoms with Gasteiger partial charge in [-0.05, 0) is 48.4 Å². The minimum Gasteiger partial charge on any atom is -0.369 e. The highest BCUT2D eigenvalue weighted by Crippen LogP contribution is 2.24. The predicted molar refractivity (Wildman–Crippen MR) is 94.8 cm³/mol. The van der Waals surface area contributed by atoms with E-state index in [0.717, 1.165) is 43.3 Å². The lowest BCUT2D eigenvalue weighted by Gasteiger charge is -2.36. The monoisotopic (exact) mass is 325 g/mol. The van der Waals surface area contributed by atoms with Crippen LogP contribution in [0.1, 0.15) is 16.7 Å². The smallest absolute Gasteiger partial charge is 0.0991 e. The third-order valence-electron chi connectivity index (χ3n) is 4.36. The highest BCUT2D eigenvalue weighted by Gasteiger charge is 2.18. The lowest BCUT2D eigenvalue weighted by atomic mass is 10.1. The van der Waals surface area contributed by atoms with Crippen LogP contribution in [0.2, 0.25) is 5.02 Å². The standard InChI is InChI=1S/C19H20ClN3/c1-15-12-18(20)6-7-19(15)23-10-8-22(9-11-23)14-17-4-2-16(13-21)3-5-17/h2-7,12H,8-11,14H2,1H3. The van der Waals surface area contributed by atoms with Crippen molar-refractivity contribution in [3.63, 3.8) is 0 Å². The van der Waals surface area contributed by atoms with Crippen molar-refractivity contribution in [1.82, 2.24) is 4.90 Å². The third-order valence-corrected chi connectivity index (χ3v) is 4.60. The molecule has 0 N–H and O–H groups in total. The normalized spacial score (nSPS) is 15.4. The topological polar surface area (TPSA) is 30.3 Å². The summed E-state index contributed by atoms with van der Waals surface area (Å²) < 4.78 is 0. The Labute approximate surface area is 142 Å². The molecule has 0 amide bonds. The van der Waals surface area contributed by atoms with Gasteiger partial charge < -0.3 is 4.90 Å². The molecule has 1 aliphatic rings. The molecule has 23 heavy (non-hydrogen) atoms. The number of piperazine rings is 1. The molecular weight excluding hydrogens is 306 g/mol. The van der Waals surface area contributed by atoms with Gasteiger partial charge in [-0.2, -0.15) is 5.26 Å². The van der Waals surface area contributed by atoms with Crippen LogP contribution in [0.4, 0.5) is 5.69 Å². The van der Waals surface area contributed by atoms with Crippen molar-refractivity contribution in [2.24, 2.45) is 0 Å². The van der Waals surface area contributed by atoms with E-state index in [1.54, 1.807) is 0 Å². The van der Waals surface area contributed by atoms with Gasteiger partial charge in [-0.3, -0.25) is 4.90 Å². The van der Waals surface area contributed by atoms with Gasteiger partial charge in [-0.15, -0.1) is 0 Å². The molecule has 2 aromatic carbocycles. The quantitative estimate of drug-likeness (QED) is 0.859. The zero-order chi connectivity index (χ0) is 16.2. The highest BCUT2D eigenvalue weighted by molar-refractivity contribution is 6.30. The fraction of sp³-hybridized carbons (Fsp3) is 0.316. The van der Waals surface area contributed by atoms with Crippen molar-refractivity contribution in [3.8, 4) is 6.07 Å².